The molecule has 2 aliphatic heterocycles. The van der Waals surface area contributed by atoms with E-state index in [-0.39, 0.29) is 17.1 Å². The molecule has 2 fully saturated rings. The summed E-state index contributed by atoms with van der Waals surface area (Å²) in [7, 11) is 0. The Morgan fingerprint density at radius 2 is 1.40 bits per heavy atom. The second-order valence-electron chi connectivity index (χ2n) is 7.24. The smallest absolute Gasteiger partial charge is 0.339 e. The van der Waals surface area contributed by atoms with Crippen LogP contribution < -0.4 is 0 Å². The van der Waals surface area contributed by atoms with Crippen molar-refractivity contribution >= 4 is 5.97 Å². The maximum Gasteiger partial charge on any atom is 0.339 e. The largest absolute Gasteiger partial charge is 0.508 e. The number of carboxylic acids is 1. The Labute approximate surface area is 148 Å². The number of aromatic carboxylic acids is 1. The first-order valence-corrected chi connectivity index (χ1v) is 9.31. The van der Waals surface area contributed by atoms with Crippen LogP contribution in [0.1, 0.15) is 60.0 Å². The van der Waals surface area contributed by atoms with Gasteiger partial charge >= 0.3 is 5.97 Å². The van der Waals surface area contributed by atoms with Gasteiger partial charge < -0.3 is 15.3 Å². The number of carbonyl (C=O) groups is 1. The molecule has 0 bridgehead atoms. The van der Waals surface area contributed by atoms with E-state index in [0.717, 1.165) is 51.9 Å². The topological polar surface area (TPSA) is 84.2 Å². The zero-order chi connectivity index (χ0) is 17.8. The van der Waals surface area contributed by atoms with E-state index < -0.39 is 5.97 Å². The van der Waals surface area contributed by atoms with Gasteiger partial charge in [-0.05, 0) is 57.9 Å². The molecule has 0 aromatic heterocycles. The van der Waals surface area contributed by atoms with Crippen molar-refractivity contribution in [2.24, 2.45) is 0 Å². The van der Waals surface area contributed by atoms with E-state index in [9.17, 15) is 20.1 Å². The minimum Gasteiger partial charge on any atom is -0.508 e. The van der Waals surface area contributed by atoms with E-state index in [4.69, 9.17) is 0 Å². The van der Waals surface area contributed by atoms with Crippen LogP contribution in [0.5, 0.6) is 11.5 Å². The third-order valence-electron chi connectivity index (χ3n) is 5.35. The number of rotatable bonds is 5. The molecular formula is C19H28N2O4. The summed E-state index contributed by atoms with van der Waals surface area (Å²) in [6, 6.07) is 1.55. The Hall–Kier alpha value is -1.79. The van der Waals surface area contributed by atoms with Gasteiger partial charge in [0.2, 0.25) is 0 Å². The van der Waals surface area contributed by atoms with Crippen LogP contribution in [0.4, 0.5) is 0 Å². The number of piperidine rings is 2. The number of phenols is 2. The number of benzene rings is 1. The standard InChI is InChI=1S/C19H28N2O4/c22-16-11-14(12-20-7-3-1-4-8-20)18(23)17(19(24)25)15(16)13-21-9-5-2-6-10-21/h11,22-23H,1-10,12-13H2,(H,24,25). The molecule has 0 aliphatic carbocycles. The summed E-state index contributed by atoms with van der Waals surface area (Å²) in [6.07, 6.45) is 6.80. The lowest BCUT2D eigenvalue weighted by molar-refractivity contribution is 0.0689. The summed E-state index contributed by atoms with van der Waals surface area (Å²) in [4.78, 5) is 16.1. The predicted molar refractivity (Wildman–Crippen MR) is 95.0 cm³/mol. The maximum absolute atomic E-state index is 11.8. The molecule has 1 aromatic carbocycles. The van der Waals surface area contributed by atoms with Crippen molar-refractivity contribution in [2.75, 3.05) is 26.2 Å². The van der Waals surface area contributed by atoms with Crippen LogP contribution in [0, 0.1) is 0 Å². The number of phenolic OH excluding ortho intramolecular Hbond substituents is 1. The summed E-state index contributed by atoms with van der Waals surface area (Å²) < 4.78 is 0. The Morgan fingerprint density at radius 1 is 0.880 bits per heavy atom. The highest BCUT2D eigenvalue weighted by Gasteiger charge is 2.25. The van der Waals surface area contributed by atoms with Gasteiger partial charge in [0.1, 0.15) is 17.1 Å². The van der Waals surface area contributed by atoms with Gasteiger partial charge in [-0.1, -0.05) is 12.8 Å². The van der Waals surface area contributed by atoms with Crippen LogP contribution in [0.2, 0.25) is 0 Å². The molecule has 138 valence electrons. The van der Waals surface area contributed by atoms with Crippen LogP contribution >= 0.6 is 0 Å². The number of hydrogen-bond acceptors (Lipinski definition) is 5. The zero-order valence-electron chi connectivity index (χ0n) is 14.7. The Balaban J connectivity index is 1.87. The molecule has 0 saturated carbocycles. The molecule has 6 nitrogen and oxygen atoms in total. The lowest BCUT2D eigenvalue weighted by atomic mass is 9.98. The molecule has 1 aromatic rings. The molecule has 3 N–H and O–H groups in total. The molecule has 6 heteroatoms. The van der Waals surface area contributed by atoms with Gasteiger partial charge in [0.05, 0.1) is 0 Å². The zero-order valence-corrected chi connectivity index (χ0v) is 14.7. The van der Waals surface area contributed by atoms with Gasteiger partial charge in [0.25, 0.3) is 0 Å². The third kappa shape index (κ3) is 4.25. The monoisotopic (exact) mass is 348 g/mol. The summed E-state index contributed by atoms with van der Waals surface area (Å²) in [6.45, 7) is 4.52. The number of likely N-dealkylation sites (tertiary alicyclic amines) is 2. The lowest BCUT2D eigenvalue weighted by Crippen LogP contribution is -2.30. The van der Waals surface area contributed by atoms with Crippen LogP contribution in [0.3, 0.4) is 0 Å². The normalized spacial score (nSPS) is 19.8. The predicted octanol–water partition coefficient (Wildman–Crippen LogP) is 2.77. The molecule has 2 saturated heterocycles. The van der Waals surface area contributed by atoms with E-state index in [1.807, 2.05) is 0 Å². The summed E-state index contributed by atoms with van der Waals surface area (Å²) >= 11 is 0. The summed E-state index contributed by atoms with van der Waals surface area (Å²) in [5.41, 5.74) is 0.686. The average molecular weight is 348 g/mol. The van der Waals surface area contributed by atoms with Crippen molar-refractivity contribution in [3.8, 4) is 11.5 Å². The minimum absolute atomic E-state index is 0.0206. The first-order valence-electron chi connectivity index (χ1n) is 9.31. The maximum atomic E-state index is 11.8. The fourth-order valence-corrected chi connectivity index (χ4v) is 3.96. The molecule has 2 aliphatic rings. The number of hydrogen-bond donors (Lipinski definition) is 3. The third-order valence-corrected chi connectivity index (χ3v) is 5.35. The van der Waals surface area contributed by atoms with Crippen molar-refractivity contribution in [1.82, 2.24) is 9.80 Å². The second kappa shape index (κ2) is 8.06. The molecule has 0 unspecified atom stereocenters. The van der Waals surface area contributed by atoms with E-state index in [1.165, 1.54) is 12.8 Å². The van der Waals surface area contributed by atoms with Crippen molar-refractivity contribution in [3.63, 3.8) is 0 Å². The van der Waals surface area contributed by atoms with Crippen LogP contribution in [0.25, 0.3) is 0 Å². The van der Waals surface area contributed by atoms with E-state index in [1.54, 1.807) is 6.07 Å². The molecule has 0 amide bonds. The van der Waals surface area contributed by atoms with E-state index in [2.05, 4.69) is 9.80 Å². The second-order valence-corrected chi connectivity index (χ2v) is 7.24. The van der Waals surface area contributed by atoms with E-state index in [0.29, 0.717) is 24.2 Å². The van der Waals surface area contributed by atoms with Gasteiger partial charge in [-0.25, -0.2) is 4.79 Å². The average Bonchev–Trinajstić information content (AvgIpc) is 2.61. The fraction of sp³-hybridized carbons (Fsp3) is 0.632. The highest BCUT2D eigenvalue weighted by atomic mass is 16.4. The molecule has 0 radical (unpaired) electrons. The SMILES string of the molecule is O=C(O)c1c(O)c(CN2CCCCC2)cc(O)c1CN1CCCCC1. The number of nitrogens with zero attached hydrogens (tertiary/aromatic N) is 2. The quantitative estimate of drug-likeness (QED) is 0.710. The summed E-state index contributed by atoms with van der Waals surface area (Å²) in [5.74, 6) is -1.39. The molecular weight excluding hydrogens is 320 g/mol. The van der Waals surface area contributed by atoms with Crippen LogP contribution in [0.15, 0.2) is 6.07 Å². The van der Waals surface area contributed by atoms with Gasteiger partial charge in [0, 0.05) is 24.2 Å². The molecule has 0 spiro atoms. The lowest BCUT2D eigenvalue weighted by Gasteiger charge is -2.29. The Kier molecular flexibility index (Phi) is 5.81. The van der Waals surface area contributed by atoms with Crippen molar-refractivity contribution < 1.29 is 20.1 Å². The van der Waals surface area contributed by atoms with Gasteiger partial charge in [-0.2, -0.15) is 0 Å². The Morgan fingerprint density at radius 3 is 1.92 bits per heavy atom. The van der Waals surface area contributed by atoms with Crippen LogP contribution in [-0.2, 0) is 13.1 Å². The highest BCUT2D eigenvalue weighted by Crippen LogP contribution is 2.35. The molecule has 25 heavy (non-hydrogen) atoms. The van der Waals surface area contributed by atoms with Gasteiger partial charge in [0.15, 0.2) is 0 Å². The van der Waals surface area contributed by atoms with Crippen LogP contribution in [-0.4, -0.2) is 57.3 Å². The Bertz CT molecular complexity index is 620. The molecule has 2 heterocycles. The minimum atomic E-state index is -1.18. The number of aromatic hydroxyl groups is 2. The highest BCUT2D eigenvalue weighted by molar-refractivity contribution is 5.94. The van der Waals surface area contributed by atoms with Crippen molar-refractivity contribution in [2.45, 2.75) is 51.6 Å². The van der Waals surface area contributed by atoms with Gasteiger partial charge in [-0.15, -0.1) is 0 Å². The molecule has 0 atom stereocenters. The first kappa shape index (κ1) is 18.0. The van der Waals surface area contributed by atoms with E-state index >= 15 is 0 Å². The van der Waals surface area contributed by atoms with Crippen molar-refractivity contribution in [1.29, 1.82) is 0 Å². The first-order chi connectivity index (χ1) is 12.1. The fourth-order valence-electron chi connectivity index (χ4n) is 3.96. The van der Waals surface area contributed by atoms with Crippen molar-refractivity contribution in [3.05, 3.63) is 22.8 Å². The van der Waals surface area contributed by atoms with Gasteiger partial charge in [-0.3, -0.25) is 9.80 Å². The number of carboxylic acid groups (broad SMARTS) is 1. The molecule has 3 rings (SSSR count). The summed E-state index contributed by atoms with van der Waals surface area (Å²) in [5, 5.41) is 30.7.